The zero-order chi connectivity index (χ0) is 26.8. The number of fused-ring (bicyclic) bond motifs is 3. The number of pyridine rings is 1. The molecule has 0 saturated carbocycles. The van der Waals surface area contributed by atoms with Crippen molar-refractivity contribution >= 4 is 33.1 Å². The van der Waals surface area contributed by atoms with Gasteiger partial charge in [0.25, 0.3) is 0 Å². The molecule has 3 aromatic carbocycles. The SMILES string of the molecule is Cc1s[c-][n+](-c2c(C(C)C)cccc2C(C)C)c1C.[Cu+2].c1ccc2c(c1)[n-]c1c(-c3ccncc3)cccc12. The molecule has 0 aliphatic heterocycles. The van der Waals surface area contributed by atoms with Gasteiger partial charge in [-0.1, -0.05) is 95.3 Å². The Kier molecular flexibility index (Phi) is 9.07. The minimum atomic E-state index is 0. The molecule has 0 fully saturated rings. The van der Waals surface area contributed by atoms with Crippen molar-refractivity contribution in [1.29, 1.82) is 0 Å². The summed E-state index contributed by atoms with van der Waals surface area (Å²) in [5.41, 5.74) is 13.3. The van der Waals surface area contributed by atoms with Crippen molar-refractivity contribution in [2.24, 2.45) is 0 Å². The van der Waals surface area contributed by atoms with E-state index in [9.17, 15) is 0 Å². The molecular formula is C34H34CuN3S+. The summed E-state index contributed by atoms with van der Waals surface area (Å²) in [7, 11) is 0. The maximum Gasteiger partial charge on any atom is 2.00 e. The van der Waals surface area contributed by atoms with E-state index >= 15 is 0 Å². The Hall–Kier alpha value is -3.24. The first kappa shape index (κ1) is 28.8. The Morgan fingerprint density at radius 3 is 2.00 bits per heavy atom. The Labute approximate surface area is 246 Å². The van der Waals surface area contributed by atoms with Gasteiger partial charge < -0.3 is 4.98 Å². The minimum absolute atomic E-state index is 0. The number of rotatable bonds is 4. The Bertz CT molecular complexity index is 1670. The van der Waals surface area contributed by atoms with Crippen molar-refractivity contribution in [3.63, 3.8) is 0 Å². The second kappa shape index (κ2) is 12.3. The van der Waals surface area contributed by atoms with E-state index in [-0.39, 0.29) is 17.1 Å². The van der Waals surface area contributed by atoms with Crippen LogP contribution in [-0.4, -0.2) is 4.98 Å². The smallest absolute Gasteiger partial charge is 0.656 e. The summed E-state index contributed by atoms with van der Waals surface area (Å²) in [6, 6.07) is 25.3. The number of aryl methyl sites for hydroxylation is 1. The molecule has 0 unspecified atom stereocenters. The second-order valence-electron chi connectivity index (χ2n) is 10.3. The van der Waals surface area contributed by atoms with Gasteiger partial charge in [0.05, 0.1) is 5.69 Å². The van der Waals surface area contributed by atoms with Crippen LogP contribution in [0.15, 0.2) is 85.2 Å². The van der Waals surface area contributed by atoms with Gasteiger partial charge in [-0.3, -0.25) is 9.55 Å². The van der Waals surface area contributed by atoms with E-state index in [1.807, 2.05) is 30.6 Å². The van der Waals surface area contributed by atoms with Gasteiger partial charge in [0, 0.05) is 12.4 Å². The molecular weight excluding hydrogens is 546 g/mol. The Balaban J connectivity index is 0.000000176. The summed E-state index contributed by atoms with van der Waals surface area (Å²) in [6.45, 7) is 13.4. The van der Waals surface area contributed by atoms with Gasteiger partial charge in [0.1, 0.15) is 5.69 Å². The van der Waals surface area contributed by atoms with Crippen LogP contribution in [0.25, 0.3) is 38.6 Å². The summed E-state index contributed by atoms with van der Waals surface area (Å²) in [5, 5.41) is 2.43. The van der Waals surface area contributed by atoms with Crippen LogP contribution < -0.4 is 9.55 Å². The monoisotopic (exact) mass is 579 g/mol. The topological polar surface area (TPSA) is 30.9 Å². The zero-order valence-electron chi connectivity index (χ0n) is 23.3. The maximum atomic E-state index is 4.77. The van der Waals surface area contributed by atoms with E-state index in [1.54, 1.807) is 11.3 Å². The van der Waals surface area contributed by atoms with Crippen molar-refractivity contribution in [3.05, 3.63) is 112 Å². The molecule has 6 rings (SSSR count). The second-order valence-corrected chi connectivity index (χ2v) is 11.3. The number of thiazole rings is 1. The minimum Gasteiger partial charge on any atom is -0.656 e. The van der Waals surface area contributed by atoms with Crippen molar-refractivity contribution in [2.75, 3.05) is 0 Å². The molecule has 3 aromatic heterocycles. The van der Waals surface area contributed by atoms with Crippen LogP contribution in [0.5, 0.6) is 0 Å². The molecule has 0 aliphatic carbocycles. The van der Waals surface area contributed by atoms with Crippen LogP contribution in [-0.2, 0) is 17.1 Å². The fraction of sp³-hybridized carbons (Fsp3) is 0.235. The molecule has 0 atom stereocenters. The molecule has 0 amide bonds. The van der Waals surface area contributed by atoms with Gasteiger partial charge in [-0.05, 0) is 68.8 Å². The Morgan fingerprint density at radius 2 is 1.38 bits per heavy atom. The molecule has 201 valence electrons. The van der Waals surface area contributed by atoms with Crippen molar-refractivity contribution in [1.82, 2.24) is 9.97 Å². The van der Waals surface area contributed by atoms with E-state index in [0.29, 0.717) is 11.8 Å². The summed E-state index contributed by atoms with van der Waals surface area (Å²) in [4.78, 5) is 10.2. The van der Waals surface area contributed by atoms with Gasteiger partial charge >= 0.3 is 17.1 Å². The summed E-state index contributed by atoms with van der Waals surface area (Å²) < 4.78 is 2.25. The van der Waals surface area contributed by atoms with Crippen molar-refractivity contribution < 1.29 is 21.6 Å². The summed E-state index contributed by atoms with van der Waals surface area (Å²) in [6.07, 6.45) is 3.63. The van der Waals surface area contributed by atoms with Gasteiger partial charge in [0.2, 0.25) is 5.51 Å². The quantitative estimate of drug-likeness (QED) is 0.119. The zero-order valence-corrected chi connectivity index (χ0v) is 25.0. The van der Waals surface area contributed by atoms with E-state index < -0.39 is 0 Å². The van der Waals surface area contributed by atoms with Crippen LogP contribution in [0, 0.1) is 19.4 Å². The predicted octanol–water partition coefficient (Wildman–Crippen LogP) is 8.70. The fourth-order valence-corrected chi connectivity index (χ4v) is 5.66. The van der Waals surface area contributed by atoms with E-state index in [1.165, 1.54) is 38.2 Å². The van der Waals surface area contributed by atoms with Gasteiger partial charge in [-0.2, -0.15) is 11.3 Å². The first-order valence-electron chi connectivity index (χ1n) is 13.2. The molecule has 6 aromatic rings. The molecule has 3 heterocycles. The molecule has 0 saturated heterocycles. The third-order valence-corrected chi connectivity index (χ3v) is 8.03. The molecule has 5 heteroatoms. The van der Waals surface area contributed by atoms with E-state index in [2.05, 4.69) is 111 Å². The van der Waals surface area contributed by atoms with Crippen molar-refractivity contribution in [2.45, 2.75) is 53.4 Å². The number of hydrogen-bond donors (Lipinski definition) is 0. The van der Waals surface area contributed by atoms with Gasteiger partial charge in [0.15, 0.2) is 0 Å². The predicted molar refractivity (Wildman–Crippen MR) is 160 cm³/mol. The standard InChI is InChI=1S/C17H11N2.C17H23NS.Cu/c1-2-7-16-14(4-1)15-6-3-5-13(17(15)19-16)12-8-10-18-11-9-12;1-11(2)15-8-7-9-16(12(3)4)17(15)18-10-19-14(6)13(18)5;/h1-11H;7-9,11-12H,1-6H3;/q-1;;+2. The molecule has 0 spiro atoms. The third kappa shape index (κ3) is 5.72. The number of hydrogen-bond acceptors (Lipinski definition) is 2. The van der Waals surface area contributed by atoms with E-state index in [4.69, 9.17) is 4.98 Å². The van der Waals surface area contributed by atoms with Gasteiger partial charge in [-0.15, -0.1) is 11.0 Å². The number of benzene rings is 3. The summed E-state index contributed by atoms with van der Waals surface area (Å²) >= 11 is 1.70. The summed E-state index contributed by atoms with van der Waals surface area (Å²) in [5.74, 6) is 1.04. The van der Waals surface area contributed by atoms with Crippen LogP contribution in [0.3, 0.4) is 0 Å². The van der Waals surface area contributed by atoms with Crippen molar-refractivity contribution in [3.8, 4) is 16.8 Å². The van der Waals surface area contributed by atoms with Gasteiger partial charge in [-0.25, -0.2) is 0 Å². The van der Waals surface area contributed by atoms with Crippen LogP contribution in [0.4, 0.5) is 0 Å². The number of aromatic nitrogens is 3. The molecule has 3 nitrogen and oxygen atoms in total. The fourth-order valence-electron chi connectivity index (χ4n) is 4.96. The molecule has 39 heavy (non-hydrogen) atoms. The third-order valence-electron chi connectivity index (χ3n) is 7.15. The molecule has 1 radical (unpaired) electrons. The number of para-hydroxylation sites is 3. The number of nitrogens with zero attached hydrogens (tertiary/aromatic N) is 3. The Morgan fingerprint density at radius 1 is 0.769 bits per heavy atom. The average molecular weight is 580 g/mol. The van der Waals surface area contributed by atoms with E-state index in [0.717, 1.165) is 22.2 Å². The molecule has 0 aliphatic rings. The largest absolute Gasteiger partial charge is 2.00 e. The first-order chi connectivity index (χ1) is 18.4. The van der Waals surface area contributed by atoms with Crippen LogP contribution in [0.1, 0.15) is 61.2 Å². The van der Waals surface area contributed by atoms with Crippen LogP contribution in [0.2, 0.25) is 0 Å². The normalized spacial score (nSPS) is 11.1. The molecule has 0 N–H and O–H groups in total. The van der Waals surface area contributed by atoms with Crippen LogP contribution >= 0.6 is 11.3 Å². The molecule has 0 bridgehead atoms. The average Bonchev–Trinajstić information content (AvgIpc) is 3.48. The first-order valence-corrected chi connectivity index (χ1v) is 14.1. The maximum absolute atomic E-state index is 4.77.